The zero-order valence-corrected chi connectivity index (χ0v) is 14.9. The summed E-state index contributed by atoms with van der Waals surface area (Å²) >= 11 is 0. The Labute approximate surface area is 149 Å². The van der Waals surface area contributed by atoms with Crippen molar-refractivity contribution in [3.8, 4) is 0 Å². The van der Waals surface area contributed by atoms with Crippen LogP contribution in [0.4, 0.5) is 0 Å². The van der Waals surface area contributed by atoms with Crippen molar-refractivity contribution in [2.45, 2.75) is 68.9 Å². The smallest absolute Gasteiger partial charge is 0.186 e. The predicted molar refractivity (Wildman–Crippen MR) is 91.8 cm³/mol. The van der Waals surface area contributed by atoms with Crippen molar-refractivity contribution in [3.05, 3.63) is 35.9 Å². The lowest BCUT2D eigenvalue weighted by Gasteiger charge is -2.54. The molecule has 1 unspecified atom stereocenters. The first kappa shape index (κ1) is 16.2. The Morgan fingerprint density at radius 3 is 2.76 bits per heavy atom. The van der Waals surface area contributed by atoms with Crippen LogP contribution in [-0.2, 0) is 18.9 Å². The Kier molecular flexibility index (Phi) is 3.91. The van der Waals surface area contributed by atoms with Crippen LogP contribution < -0.4 is 0 Å². The third kappa shape index (κ3) is 2.41. The van der Waals surface area contributed by atoms with Crippen LogP contribution in [-0.4, -0.2) is 48.6 Å². The van der Waals surface area contributed by atoms with Gasteiger partial charge < -0.3 is 18.9 Å². The summed E-state index contributed by atoms with van der Waals surface area (Å²) in [6, 6.07) is 11.0. The number of benzene rings is 1. The molecule has 1 aromatic rings. The molecule has 0 spiro atoms. The van der Waals surface area contributed by atoms with Crippen molar-refractivity contribution in [3.63, 3.8) is 0 Å². The van der Waals surface area contributed by atoms with Crippen molar-refractivity contribution in [1.82, 2.24) is 4.90 Å². The SMILES string of the molecule is C[C@]12OC[C@@H](c3ccccc3)N3[C@H](CCC[C@]31CCC1OCCO1)O2. The molecule has 0 saturated carbocycles. The first-order chi connectivity index (χ1) is 12.2. The van der Waals surface area contributed by atoms with E-state index in [0.717, 1.165) is 25.7 Å². The maximum atomic E-state index is 6.49. The molecule has 4 aliphatic rings. The zero-order valence-electron chi connectivity index (χ0n) is 14.9. The van der Waals surface area contributed by atoms with Crippen molar-refractivity contribution in [1.29, 1.82) is 0 Å². The van der Waals surface area contributed by atoms with Crippen LogP contribution in [0.25, 0.3) is 0 Å². The molecular formula is C20H27NO4. The standard InChI is InChI=1S/C20H27NO4/c1-19-20(11-9-18-22-12-13-23-18)10-5-8-17(25-19)21(20)16(14-24-19)15-6-3-2-4-7-15/h2-4,6-7,16-18H,5,8-14H2,1H3/t16-,17-,19+,20+/m0/s1. The molecule has 0 aromatic heterocycles. The molecule has 4 aliphatic heterocycles. The highest BCUT2D eigenvalue weighted by Gasteiger charge is 2.68. The van der Waals surface area contributed by atoms with Gasteiger partial charge in [-0.15, -0.1) is 0 Å². The Hall–Kier alpha value is -0.980. The van der Waals surface area contributed by atoms with Gasteiger partial charge in [0.2, 0.25) is 0 Å². The highest BCUT2D eigenvalue weighted by Crippen LogP contribution is 2.58. The van der Waals surface area contributed by atoms with E-state index in [9.17, 15) is 0 Å². The van der Waals surface area contributed by atoms with E-state index in [1.54, 1.807) is 0 Å². The van der Waals surface area contributed by atoms with Gasteiger partial charge in [-0.2, -0.15) is 0 Å². The molecule has 5 rings (SSSR count). The third-order valence-corrected chi connectivity index (χ3v) is 6.57. The number of hydrogen-bond donors (Lipinski definition) is 0. The van der Waals surface area contributed by atoms with E-state index in [2.05, 4.69) is 42.2 Å². The summed E-state index contributed by atoms with van der Waals surface area (Å²) in [5.74, 6) is -0.530. The van der Waals surface area contributed by atoms with Crippen LogP contribution in [0, 0.1) is 0 Å². The lowest BCUT2D eigenvalue weighted by molar-refractivity contribution is -0.257. The fourth-order valence-electron chi connectivity index (χ4n) is 5.39. The summed E-state index contributed by atoms with van der Waals surface area (Å²) in [7, 11) is 0. The minimum atomic E-state index is -0.530. The molecule has 5 atom stereocenters. The van der Waals surface area contributed by atoms with Crippen molar-refractivity contribution >= 4 is 0 Å². The van der Waals surface area contributed by atoms with Crippen LogP contribution in [0.15, 0.2) is 30.3 Å². The van der Waals surface area contributed by atoms with Gasteiger partial charge in [0.1, 0.15) is 6.23 Å². The summed E-state index contributed by atoms with van der Waals surface area (Å²) in [5, 5.41) is 0. The summed E-state index contributed by atoms with van der Waals surface area (Å²) < 4.78 is 24.3. The molecule has 4 fully saturated rings. The number of morpholine rings is 1. The van der Waals surface area contributed by atoms with E-state index in [1.807, 2.05) is 0 Å². The second-order valence-electron chi connectivity index (χ2n) is 7.80. The minimum absolute atomic E-state index is 0.0731. The first-order valence-electron chi connectivity index (χ1n) is 9.60. The Bertz CT molecular complexity index is 619. The molecule has 0 amide bonds. The molecule has 136 valence electrons. The molecule has 0 aliphatic carbocycles. The Morgan fingerprint density at radius 2 is 1.96 bits per heavy atom. The van der Waals surface area contributed by atoms with Crippen LogP contribution in [0.5, 0.6) is 0 Å². The van der Waals surface area contributed by atoms with Crippen molar-refractivity contribution in [2.75, 3.05) is 19.8 Å². The van der Waals surface area contributed by atoms with Gasteiger partial charge in [-0.25, -0.2) is 0 Å². The molecular weight excluding hydrogens is 318 g/mol. The average molecular weight is 345 g/mol. The van der Waals surface area contributed by atoms with E-state index >= 15 is 0 Å². The highest BCUT2D eigenvalue weighted by atomic mass is 16.7. The number of nitrogens with zero attached hydrogens (tertiary/aromatic N) is 1. The highest BCUT2D eigenvalue weighted by molar-refractivity contribution is 5.24. The summed E-state index contributed by atoms with van der Waals surface area (Å²) in [5.41, 5.74) is 1.23. The number of ether oxygens (including phenoxy) is 4. The van der Waals surface area contributed by atoms with Crippen LogP contribution in [0.1, 0.15) is 50.6 Å². The van der Waals surface area contributed by atoms with Gasteiger partial charge in [-0.3, -0.25) is 4.90 Å². The second-order valence-corrected chi connectivity index (χ2v) is 7.80. The topological polar surface area (TPSA) is 40.2 Å². The van der Waals surface area contributed by atoms with Crippen LogP contribution in [0.3, 0.4) is 0 Å². The predicted octanol–water partition coefficient (Wildman–Crippen LogP) is 3.21. The number of piperidine rings is 1. The van der Waals surface area contributed by atoms with Gasteiger partial charge in [-0.05, 0) is 38.2 Å². The molecule has 0 N–H and O–H groups in total. The largest absolute Gasteiger partial charge is 0.350 e. The molecule has 4 bridgehead atoms. The molecule has 5 heteroatoms. The number of hydrogen-bond acceptors (Lipinski definition) is 5. The lowest BCUT2D eigenvalue weighted by Crippen LogP contribution is -2.65. The lowest BCUT2D eigenvalue weighted by atomic mass is 9.75. The maximum Gasteiger partial charge on any atom is 0.186 e. The molecule has 0 radical (unpaired) electrons. The van der Waals surface area contributed by atoms with Gasteiger partial charge >= 0.3 is 0 Å². The first-order valence-corrected chi connectivity index (χ1v) is 9.60. The zero-order chi connectivity index (χ0) is 16.9. The minimum Gasteiger partial charge on any atom is -0.350 e. The van der Waals surface area contributed by atoms with Crippen LogP contribution in [0.2, 0.25) is 0 Å². The second kappa shape index (κ2) is 6.03. The Morgan fingerprint density at radius 1 is 1.16 bits per heavy atom. The van der Waals surface area contributed by atoms with E-state index < -0.39 is 5.79 Å². The van der Waals surface area contributed by atoms with Gasteiger partial charge in [0.25, 0.3) is 0 Å². The van der Waals surface area contributed by atoms with E-state index in [1.165, 1.54) is 12.0 Å². The van der Waals surface area contributed by atoms with E-state index in [-0.39, 0.29) is 24.1 Å². The summed E-state index contributed by atoms with van der Waals surface area (Å²) in [6.45, 7) is 4.25. The van der Waals surface area contributed by atoms with E-state index in [0.29, 0.717) is 19.8 Å². The van der Waals surface area contributed by atoms with Crippen molar-refractivity contribution < 1.29 is 18.9 Å². The average Bonchev–Trinajstić information content (AvgIpc) is 3.14. The van der Waals surface area contributed by atoms with Crippen molar-refractivity contribution in [2.24, 2.45) is 0 Å². The van der Waals surface area contributed by atoms with E-state index in [4.69, 9.17) is 18.9 Å². The molecule has 4 saturated heterocycles. The molecule has 4 heterocycles. The third-order valence-electron chi connectivity index (χ3n) is 6.57. The van der Waals surface area contributed by atoms with Gasteiger partial charge in [0.15, 0.2) is 12.1 Å². The van der Waals surface area contributed by atoms with Gasteiger partial charge in [0, 0.05) is 6.42 Å². The molecule has 1 aromatic carbocycles. The monoisotopic (exact) mass is 345 g/mol. The maximum absolute atomic E-state index is 6.49. The van der Waals surface area contributed by atoms with Crippen LogP contribution >= 0.6 is 0 Å². The molecule has 5 nitrogen and oxygen atoms in total. The molecule has 25 heavy (non-hydrogen) atoms. The van der Waals surface area contributed by atoms with Gasteiger partial charge in [0.05, 0.1) is 31.4 Å². The summed E-state index contributed by atoms with van der Waals surface area (Å²) in [4.78, 5) is 2.63. The fourth-order valence-corrected chi connectivity index (χ4v) is 5.39. The Balaban J connectivity index is 1.48. The number of rotatable bonds is 4. The fraction of sp³-hybridized carbons (Fsp3) is 0.700. The van der Waals surface area contributed by atoms with Gasteiger partial charge in [-0.1, -0.05) is 30.3 Å². The normalized spacial score (nSPS) is 43.5. The quantitative estimate of drug-likeness (QED) is 0.838. The summed E-state index contributed by atoms with van der Waals surface area (Å²) in [6.07, 6.45) is 5.33.